The molecule has 108 valence electrons. The molecular formula is C13H21ClN2O2S. The van der Waals surface area contributed by atoms with Crippen LogP contribution in [0.2, 0.25) is 0 Å². The van der Waals surface area contributed by atoms with Crippen molar-refractivity contribution in [3.63, 3.8) is 0 Å². The fourth-order valence-corrected chi connectivity index (χ4v) is 3.07. The Morgan fingerprint density at radius 1 is 1.11 bits per heavy atom. The number of piperazine rings is 1. The van der Waals surface area contributed by atoms with E-state index < -0.39 is 10.0 Å². The first-order valence-electron chi connectivity index (χ1n) is 6.19. The van der Waals surface area contributed by atoms with Crippen LogP contribution in [0.5, 0.6) is 0 Å². The molecule has 0 unspecified atom stereocenters. The maximum absolute atomic E-state index is 11.4. The summed E-state index contributed by atoms with van der Waals surface area (Å²) < 4.78 is 24.4. The maximum atomic E-state index is 11.4. The molecule has 1 aliphatic rings. The Labute approximate surface area is 121 Å². The second-order valence-corrected chi connectivity index (χ2v) is 6.85. The van der Waals surface area contributed by atoms with Crippen molar-refractivity contribution < 1.29 is 8.42 Å². The molecule has 0 N–H and O–H groups in total. The van der Waals surface area contributed by atoms with Gasteiger partial charge in [0.1, 0.15) is 0 Å². The Balaban J connectivity index is 0.00000180. The van der Waals surface area contributed by atoms with Gasteiger partial charge in [-0.1, -0.05) is 24.3 Å². The van der Waals surface area contributed by atoms with E-state index in [0.717, 1.165) is 19.6 Å². The summed E-state index contributed by atoms with van der Waals surface area (Å²) in [5.74, 6) is 0. The summed E-state index contributed by atoms with van der Waals surface area (Å²) in [6, 6.07) is 8.34. The highest BCUT2D eigenvalue weighted by atomic mass is 35.5. The molecule has 0 radical (unpaired) electrons. The van der Waals surface area contributed by atoms with Crippen LogP contribution in [-0.4, -0.2) is 50.1 Å². The highest BCUT2D eigenvalue weighted by molar-refractivity contribution is 7.88. The lowest BCUT2D eigenvalue weighted by atomic mass is 10.1. The lowest BCUT2D eigenvalue weighted by Crippen LogP contribution is -2.47. The van der Waals surface area contributed by atoms with Crippen LogP contribution < -0.4 is 0 Å². The van der Waals surface area contributed by atoms with Crippen LogP contribution in [0, 0.1) is 6.92 Å². The number of sulfonamides is 1. The Bertz CT molecular complexity index is 511. The molecule has 0 amide bonds. The van der Waals surface area contributed by atoms with Crippen molar-refractivity contribution in [3.8, 4) is 0 Å². The highest BCUT2D eigenvalue weighted by Gasteiger charge is 2.23. The molecule has 4 nitrogen and oxygen atoms in total. The topological polar surface area (TPSA) is 40.6 Å². The van der Waals surface area contributed by atoms with Gasteiger partial charge in [-0.2, -0.15) is 4.31 Å². The third-order valence-electron chi connectivity index (χ3n) is 3.46. The second-order valence-electron chi connectivity index (χ2n) is 4.86. The Hall–Kier alpha value is -0.620. The van der Waals surface area contributed by atoms with Gasteiger partial charge in [0.2, 0.25) is 10.0 Å². The molecule has 6 heteroatoms. The average Bonchev–Trinajstić information content (AvgIpc) is 2.32. The predicted octanol–water partition coefficient (Wildman–Crippen LogP) is 1.49. The number of halogens is 1. The molecule has 0 atom stereocenters. The monoisotopic (exact) mass is 304 g/mol. The van der Waals surface area contributed by atoms with Gasteiger partial charge in [-0.25, -0.2) is 8.42 Å². The predicted molar refractivity (Wildman–Crippen MR) is 80.1 cm³/mol. The average molecular weight is 305 g/mol. The highest BCUT2D eigenvalue weighted by Crippen LogP contribution is 2.13. The van der Waals surface area contributed by atoms with E-state index in [2.05, 4.69) is 30.0 Å². The van der Waals surface area contributed by atoms with E-state index in [9.17, 15) is 8.42 Å². The van der Waals surface area contributed by atoms with Gasteiger partial charge < -0.3 is 0 Å². The number of nitrogens with zero attached hydrogens (tertiary/aromatic N) is 2. The van der Waals surface area contributed by atoms with E-state index in [1.165, 1.54) is 17.4 Å². The summed E-state index contributed by atoms with van der Waals surface area (Å²) in [5.41, 5.74) is 2.62. The number of hydrogen-bond acceptors (Lipinski definition) is 3. The SMILES string of the molecule is Cc1ccccc1CN1CCN(S(C)(=O)=O)CC1.Cl. The lowest BCUT2D eigenvalue weighted by molar-refractivity contribution is 0.182. The zero-order valence-electron chi connectivity index (χ0n) is 11.4. The largest absolute Gasteiger partial charge is 0.296 e. The van der Waals surface area contributed by atoms with Crippen molar-refractivity contribution in [2.45, 2.75) is 13.5 Å². The molecule has 0 saturated carbocycles. The van der Waals surface area contributed by atoms with Crippen molar-refractivity contribution in [1.82, 2.24) is 9.21 Å². The van der Waals surface area contributed by atoms with E-state index in [1.807, 2.05) is 6.07 Å². The van der Waals surface area contributed by atoms with Crippen LogP contribution in [0.1, 0.15) is 11.1 Å². The Kier molecular flexibility index (Phi) is 5.80. The minimum atomic E-state index is -3.02. The van der Waals surface area contributed by atoms with E-state index in [0.29, 0.717) is 13.1 Å². The smallest absolute Gasteiger partial charge is 0.211 e. The summed E-state index contributed by atoms with van der Waals surface area (Å²) in [6.45, 7) is 5.84. The van der Waals surface area contributed by atoms with Gasteiger partial charge in [-0.3, -0.25) is 4.90 Å². The summed E-state index contributed by atoms with van der Waals surface area (Å²) in [4.78, 5) is 2.31. The van der Waals surface area contributed by atoms with E-state index >= 15 is 0 Å². The Morgan fingerprint density at radius 2 is 1.68 bits per heavy atom. The van der Waals surface area contributed by atoms with Crippen LogP contribution in [0.25, 0.3) is 0 Å². The van der Waals surface area contributed by atoms with E-state index in [-0.39, 0.29) is 12.4 Å². The first kappa shape index (κ1) is 16.4. The van der Waals surface area contributed by atoms with Crippen LogP contribution in [0.15, 0.2) is 24.3 Å². The molecule has 1 aliphatic heterocycles. The van der Waals surface area contributed by atoms with Gasteiger partial charge in [0.05, 0.1) is 6.26 Å². The molecule has 2 rings (SSSR count). The van der Waals surface area contributed by atoms with Crippen LogP contribution >= 0.6 is 12.4 Å². The number of rotatable bonds is 3. The van der Waals surface area contributed by atoms with Gasteiger partial charge in [-0.15, -0.1) is 12.4 Å². The number of benzene rings is 1. The summed E-state index contributed by atoms with van der Waals surface area (Å²) in [5, 5.41) is 0. The van der Waals surface area contributed by atoms with E-state index in [4.69, 9.17) is 0 Å². The van der Waals surface area contributed by atoms with Gasteiger partial charge in [0.25, 0.3) is 0 Å². The summed E-state index contributed by atoms with van der Waals surface area (Å²) in [7, 11) is -3.02. The van der Waals surface area contributed by atoms with Crippen molar-refractivity contribution in [1.29, 1.82) is 0 Å². The molecule has 19 heavy (non-hydrogen) atoms. The molecule has 1 aromatic carbocycles. The fourth-order valence-electron chi connectivity index (χ4n) is 2.25. The molecule has 0 aliphatic carbocycles. The maximum Gasteiger partial charge on any atom is 0.211 e. The lowest BCUT2D eigenvalue weighted by Gasteiger charge is -2.33. The van der Waals surface area contributed by atoms with Crippen molar-refractivity contribution in [2.75, 3.05) is 32.4 Å². The molecule has 1 heterocycles. The third-order valence-corrected chi connectivity index (χ3v) is 4.76. The second kappa shape index (κ2) is 6.70. The summed E-state index contributed by atoms with van der Waals surface area (Å²) >= 11 is 0. The van der Waals surface area contributed by atoms with Crippen LogP contribution in [-0.2, 0) is 16.6 Å². The zero-order chi connectivity index (χ0) is 13.2. The van der Waals surface area contributed by atoms with Gasteiger partial charge in [-0.05, 0) is 18.1 Å². The normalized spacial score (nSPS) is 18.0. The molecule has 0 spiro atoms. The molecule has 0 bridgehead atoms. The third kappa shape index (κ3) is 4.45. The summed E-state index contributed by atoms with van der Waals surface area (Å²) in [6.07, 6.45) is 1.28. The molecular weight excluding hydrogens is 284 g/mol. The van der Waals surface area contributed by atoms with Gasteiger partial charge >= 0.3 is 0 Å². The van der Waals surface area contributed by atoms with E-state index in [1.54, 1.807) is 4.31 Å². The standard InChI is InChI=1S/C13H20N2O2S.ClH/c1-12-5-3-4-6-13(12)11-14-7-9-15(10-8-14)18(2,16)17;/h3-6H,7-11H2,1-2H3;1H. The molecule has 1 saturated heterocycles. The minimum absolute atomic E-state index is 0. The quantitative estimate of drug-likeness (QED) is 0.849. The van der Waals surface area contributed by atoms with Gasteiger partial charge in [0, 0.05) is 32.7 Å². The molecule has 0 aromatic heterocycles. The molecule has 1 fully saturated rings. The first-order valence-corrected chi connectivity index (χ1v) is 8.03. The van der Waals surface area contributed by atoms with Crippen LogP contribution in [0.4, 0.5) is 0 Å². The number of hydrogen-bond donors (Lipinski definition) is 0. The van der Waals surface area contributed by atoms with Crippen molar-refractivity contribution in [3.05, 3.63) is 35.4 Å². The molecule has 1 aromatic rings. The first-order chi connectivity index (χ1) is 8.47. The van der Waals surface area contributed by atoms with Crippen LogP contribution in [0.3, 0.4) is 0 Å². The van der Waals surface area contributed by atoms with Gasteiger partial charge in [0.15, 0.2) is 0 Å². The van der Waals surface area contributed by atoms with Crippen molar-refractivity contribution in [2.24, 2.45) is 0 Å². The zero-order valence-corrected chi connectivity index (χ0v) is 13.0. The Morgan fingerprint density at radius 3 is 2.21 bits per heavy atom. The fraction of sp³-hybridized carbons (Fsp3) is 0.538. The van der Waals surface area contributed by atoms with Crippen molar-refractivity contribution >= 4 is 22.4 Å². The number of aryl methyl sites for hydroxylation is 1. The minimum Gasteiger partial charge on any atom is -0.296 e.